The molecule has 0 aliphatic rings. The zero-order valence-corrected chi connectivity index (χ0v) is 8.25. The molecule has 0 aliphatic carbocycles. The van der Waals surface area contributed by atoms with Crippen LogP contribution in [0.3, 0.4) is 0 Å². The molecule has 0 unspecified atom stereocenters. The molecule has 0 spiro atoms. The first kappa shape index (κ1) is 11.7. The van der Waals surface area contributed by atoms with E-state index in [0.29, 0.717) is 0 Å². The Morgan fingerprint density at radius 1 is 1.47 bits per heavy atom. The van der Waals surface area contributed by atoms with E-state index >= 15 is 0 Å². The molecule has 0 radical (unpaired) electrons. The smallest absolute Gasteiger partial charge is 0.329 e. The van der Waals surface area contributed by atoms with Gasteiger partial charge in [-0.3, -0.25) is 0 Å². The Bertz CT molecular complexity index is 356. The van der Waals surface area contributed by atoms with Gasteiger partial charge in [0.25, 0.3) is 0 Å². The predicted molar refractivity (Wildman–Crippen MR) is 47.2 cm³/mol. The number of imidazole rings is 1. The summed E-state index contributed by atoms with van der Waals surface area (Å²) in [7, 11) is 0. The summed E-state index contributed by atoms with van der Waals surface area (Å²) < 4.78 is 37.9. The standard InChI is InChI=1S/C8H10F3N3O/c1-7(2,4-13-15)14-3-6(12-5-14)8(9,10)11/h3,5H,4H2,1-2H3. The van der Waals surface area contributed by atoms with Crippen molar-refractivity contribution in [3.8, 4) is 0 Å². The first-order chi connectivity index (χ1) is 6.77. The lowest BCUT2D eigenvalue weighted by atomic mass is 10.1. The molecule has 4 nitrogen and oxygen atoms in total. The quantitative estimate of drug-likeness (QED) is 0.736. The minimum absolute atomic E-state index is 0.110. The minimum atomic E-state index is -4.46. The number of alkyl halides is 3. The molecule has 1 heterocycles. The molecular formula is C8H10F3N3O. The van der Waals surface area contributed by atoms with E-state index in [-0.39, 0.29) is 6.54 Å². The SMILES string of the molecule is CC(C)(CN=O)n1cnc(C(F)(F)F)c1. The van der Waals surface area contributed by atoms with Gasteiger partial charge in [0.2, 0.25) is 0 Å². The molecule has 84 valence electrons. The van der Waals surface area contributed by atoms with Crippen LogP contribution in [-0.4, -0.2) is 16.1 Å². The molecule has 0 aliphatic heterocycles. The molecule has 0 saturated carbocycles. The van der Waals surface area contributed by atoms with Gasteiger partial charge < -0.3 is 4.57 Å². The van der Waals surface area contributed by atoms with Crippen LogP contribution >= 0.6 is 0 Å². The first-order valence-corrected chi connectivity index (χ1v) is 4.18. The summed E-state index contributed by atoms with van der Waals surface area (Å²) in [4.78, 5) is 13.3. The largest absolute Gasteiger partial charge is 0.434 e. The highest BCUT2D eigenvalue weighted by atomic mass is 19.4. The van der Waals surface area contributed by atoms with Crippen LogP contribution in [0, 0.1) is 4.91 Å². The molecule has 15 heavy (non-hydrogen) atoms. The van der Waals surface area contributed by atoms with Crippen molar-refractivity contribution in [3.63, 3.8) is 0 Å². The zero-order chi connectivity index (χ0) is 11.7. The number of nitrogens with zero attached hydrogens (tertiary/aromatic N) is 3. The number of halogens is 3. The zero-order valence-electron chi connectivity index (χ0n) is 8.25. The van der Waals surface area contributed by atoms with Crippen LogP contribution in [0.15, 0.2) is 17.7 Å². The van der Waals surface area contributed by atoms with E-state index in [1.54, 1.807) is 13.8 Å². The number of hydrogen-bond acceptors (Lipinski definition) is 3. The van der Waals surface area contributed by atoms with Crippen LogP contribution in [-0.2, 0) is 11.7 Å². The van der Waals surface area contributed by atoms with Crippen molar-refractivity contribution >= 4 is 0 Å². The fourth-order valence-corrected chi connectivity index (χ4v) is 1.04. The summed E-state index contributed by atoms with van der Waals surface area (Å²) in [6.07, 6.45) is -2.55. The summed E-state index contributed by atoms with van der Waals surface area (Å²) in [5, 5.41) is 2.68. The second kappa shape index (κ2) is 3.63. The second-order valence-corrected chi connectivity index (χ2v) is 3.76. The number of hydrogen-bond donors (Lipinski definition) is 0. The Labute approximate surface area is 84.1 Å². The van der Waals surface area contributed by atoms with Gasteiger partial charge in [0, 0.05) is 6.20 Å². The van der Waals surface area contributed by atoms with Crippen molar-refractivity contribution in [1.82, 2.24) is 9.55 Å². The highest BCUT2D eigenvalue weighted by molar-refractivity contribution is 5.04. The van der Waals surface area contributed by atoms with Crippen molar-refractivity contribution in [1.29, 1.82) is 0 Å². The van der Waals surface area contributed by atoms with Crippen LogP contribution in [0.1, 0.15) is 19.5 Å². The van der Waals surface area contributed by atoms with E-state index < -0.39 is 17.4 Å². The molecule has 1 rings (SSSR count). The third kappa shape index (κ3) is 2.54. The Morgan fingerprint density at radius 3 is 2.47 bits per heavy atom. The molecule has 0 atom stereocenters. The Kier molecular flexibility index (Phi) is 2.83. The van der Waals surface area contributed by atoms with E-state index in [1.165, 1.54) is 4.57 Å². The molecule has 7 heteroatoms. The third-order valence-electron chi connectivity index (χ3n) is 2.02. The van der Waals surface area contributed by atoms with Crippen molar-refractivity contribution in [2.45, 2.75) is 25.6 Å². The fourth-order valence-electron chi connectivity index (χ4n) is 1.04. The Morgan fingerprint density at radius 2 is 2.07 bits per heavy atom. The van der Waals surface area contributed by atoms with Gasteiger partial charge in [-0.2, -0.15) is 18.1 Å². The summed E-state index contributed by atoms with van der Waals surface area (Å²) in [6.45, 7) is 3.10. The van der Waals surface area contributed by atoms with Gasteiger partial charge in [-0.05, 0) is 13.8 Å². The summed E-state index contributed by atoms with van der Waals surface area (Å²) in [5.74, 6) is 0. The van der Waals surface area contributed by atoms with Crippen LogP contribution in [0.25, 0.3) is 0 Å². The average molecular weight is 221 g/mol. The number of aromatic nitrogens is 2. The van der Waals surface area contributed by atoms with Gasteiger partial charge in [0.05, 0.1) is 11.9 Å². The van der Waals surface area contributed by atoms with Crippen molar-refractivity contribution in [2.75, 3.05) is 6.54 Å². The maximum Gasteiger partial charge on any atom is 0.434 e. The van der Waals surface area contributed by atoms with E-state index in [2.05, 4.69) is 10.2 Å². The predicted octanol–water partition coefficient (Wildman–Crippen LogP) is 2.40. The van der Waals surface area contributed by atoms with E-state index in [9.17, 15) is 18.1 Å². The normalized spacial score (nSPS) is 12.9. The van der Waals surface area contributed by atoms with Crippen LogP contribution < -0.4 is 0 Å². The fraction of sp³-hybridized carbons (Fsp3) is 0.625. The molecule has 0 N–H and O–H groups in total. The summed E-state index contributed by atoms with van der Waals surface area (Å²) >= 11 is 0. The van der Waals surface area contributed by atoms with Crippen LogP contribution in [0.5, 0.6) is 0 Å². The lowest BCUT2D eigenvalue weighted by Crippen LogP contribution is -2.28. The Balaban J connectivity index is 2.98. The van der Waals surface area contributed by atoms with Gasteiger partial charge in [0.15, 0.2) is 5.69 Å². The van der Waals surface area contributed by atoms with Gasteiger partial charge in [0.1, 0.15) is 6.54 Å². The molecule has 0 bridgehead atoms. The highest BCUT2D eigenvalue weighted by Gasteiger charge is 2.35. The van der Waals surface area contributed by atoms with Gasteiger partial charge in [-0.1, -0.05) is 5.18 Å². The molecule has 0 fully saturated rings. The van der Waals surface area contributed by atoms with E-state index in [1.807, 2.05) is 0 Å². The topological polar surface area (TPSA) is 47.2 Å². The molecule has 0 aromatic carbocycles. The monoisotopic (exact) mass is 221 g/mol. The van der Waals surface area contributed by atoms with Gasteiger partial charge in [-0.15, -0.1) is 0 Å². The lowest BCUT2D eigenvalue weighted by Gasteiger charge is -2.22. The molecule has 0 amide bonds. The highest BCUT2D eigenvalue weighted by Crippen LogP contribution is 2.28. The van der Waals surface area contributed by atoms with Gasteiger partial charge in [-0.25, -0.2) is 4.98 Å². The number of rotatable bonds is 3. The molecule has 1 aromatic rings. The molecule has 1 aromatic heterocycles. The Hall–Kier alpha value is -1.40. The maximum atomic E-state index is 12.2. The molecule has 0 saturated heterocycles. The van der Waals surface area contributed by atoms with Crippen LogP contribution in [0.2, 0.25) is 0 Å². The van der Waals surface area contributed by atoms with Crippen molar-refractivity contribution < 1.29 is 13.2 Å². The summed E-state index contributed by atoms with van der Waals surface area (Å²) in [5.41, 5.74) is -1.76. The second-order valence-electron chi connectivity index (χ2n) is 3.76. The van der Waals surface area contributed by atoms with Crippen LogP contribution in [0.4, 0.5) is 13.2 Å². The van der Waals surface area contributed by atoms with E-state index in [4.69, 9.17) is 0 Å². The summed E-state index contributed by atoms with van der Waals surface area (Å²) in [6, 6.07) is 0. The maximum absolute atomic E-state index is 12.2. The van der Waals surface area contributed by atoms with Crippen molar-refractivity contribution in [3.05, 3.63) is 23.1 Å². The third-order valence-corrected chi connectivity index (χ3v) is 2.02. The number of nitroso groups, excluding NO2 is 1. The van der Waals surface area contributed by atoms with E-state index in [0.717, 1.165) is 12.5 Å². The lowest BCUT2D eigenvalue weighted by molar-refractivity contribution is -0.141. The molecular weight excluding hydrogens is 211 g/mol. The van der Waals surface area contributed by atoms with Gasteiger partial charge >= 0.3 is 6.18 Å². The average Bonchev–Trinajstić information content (AvgIpc) is 2.50. The first-order valence-electron chi connectivity index (χ1n) is 4.18. The van der Waals surface area contributed by atoms with Crippen molar-refractivity contribution in [2.24, 2.45) is 5.18 Å². The minimum Gasteiger partial charge on any atom is -0.329 e.